The Morgan fingerprint density at radius 3 is 2.47 bits per heavy atom. The van der Waals surface area contributed by atoms with Crippen LogP contribution < -0.4 is 9.47 Å². The monoisotopic (exact) mass is 502 g/mol. The first-order valence-electron chi connectivity index (χ1n) is 8.84. The van der Waals surface area contributed by atoms with Crippen molar-refractivity contribution in [2.24, 2.45) is 0 Å². The molecule has 0 atom stereocenters. The van der Waals surface area contributed by atoms with E-state index in [4.69, 9.17) is 32.7 Å². The van der Waals surface area contributed by atoms with Crippen LogP contribution in [0.2, 0.25) is 10.0 Å². The van der Waals surface area contributed by atoms with Gasteiger partial charge in [-0.3, -0.25) is 4.79 Å². The summed E-state index contributed by atoms with van der Waals surface area (Å²) >= 11 is 15.3. The summed E-state index contributed by atoms with van der Waals surface area (Å²) < 4.78 is 12.2. The molecule has 3 aromatic carbocycles. The van der Waals surface area contributed by atoms with Crippen molar-refractivity contribution in [1.29, 1.82) is 0 Å². The molecule has 0 spiro atoms. The van der Waals surface area contributed by atoms with E-state index in [1.54, 1.807) is 67.6 Å². The highest BCUT2D eigenvalue weighted by atomic mass is 79.9. The highest BCUT2D eigenvalue weighted by molar-refractivity contribution is 9.10. The lowest BCUT2D eigenvalue weighted by Gasteiger charge is -2.10. The van der Waals surface area contributed by atoms with Gasteiger partial charge in [0.05, 0.1) is 21.2 Å². The van der Waals surface area contributed by atoms with E-state index in [9.17, 15) is 9.59 Å². The topological polar surface area (TPSA) is 52.6 Å². The second-order valence-electron chi connectivity index (χ2n) is 6.58. The van der Waals surface area contributed by atoms with Crippen LogP contribution in [-0.4, -0.2) is 11.8 Å². The zero-order valence-corrected chi connectivity index (χ0v) is 18.6. The third kappa shape index (κ3) is 4.01. The molecule has 0 radical (unpaired) electrons. The maximum atomic E-state index is 12.7. The summed E-state index contributed by atoms with van der Waals surface area (Å²) in [5, 5.41) is 0.807. The quantitative estimate of drug-likeness (QED) is 0.221. The lowest BCUT2D eigenvalue weighted by atomic mass is 10.1. The molecule has 150 valence electrons. The van der Waals surface area contributed by atoms with Gasteiger partial charge in [-0.15, -0.1) is 0 Å². The van der Waals surface area contributed by atoms with Gasteiger partial charge in [0, 0.05) is 10.0 Å². The van der Waals surface area contributed by atoms with Gasteiger partial charge in [0.1, 0.15) is 11.5 Å². The van der Waals surface area contributed by atoms with Crippen LogP contribution in [0.25, 0.3) is 6.08 Å². The smallest absolute Gasteiger partial charge is 0.343 e. The summed E-state index contributed by atoms with van der Waals surface area (Å²) in [4.78, 5) is 25.2. The zero-order chi connectivity index (χ0) is 21.4. The Morgan fingerprint density at radius 1 is 1.03 bits per heavy atom. The summed E-state index contributed by atoms with van der Waals surface area (Å²) in [7, 11) is 0. The summed E-state index contributed by atoms with van der Waals surface area (Å²) in [6.07, 6.45) is 1.59. The Labute approximate surface area is 191 Å². The number of halogens is 3. The fourth-order valence-corrected chi connectivity index (χ4v) is 3.55. The minimum Gasteiger partial charge on any atom is -0.452 e. The predicted molar refractivity (Wildman–Crippen MR) is 120 cm³/mol. The molecule has 0 amide bonds. The van der Waals surface area contributed by atoms with Crippen molar-refractivity contribution in [3.63, 3.8) is 0 Å². The third-order valence-corrected chi connectivity index (χ3v) is 5.83. The van der Waals surface area contributed by atoms with Crippen molar-refractivity contribution in [1.82, 2.24) is 0 Å². The largest absolute Gasteiger partial charge is 0.452 e. The zero-order valence-electron chi connectivity index (χ0n) is 15.5. The number of carbonyl (C=O) groups excluding carboxylic acids is 2. The predicted octanol–water partition coefficient (Wildman–Crippen LogP) is 6.90. The Hall–Kier alpha value is -2.60. The van der Waals surface area contributed by atoms with E-state index in [1.165, 1.54) is 0 Å². The van der Waals surface area contributed by atoms with Crippen LogP contribution >= 0.6 is 39.1 Å². The molecule has 3 aromatic rings. The Morgan fingerprint density at radius 2 is 1.77 bits per heavy atom. The molecule has 1 aliphatic rings. The number of carbonyl (C=O) groups is 2. The average Bonchev–Trinajstić information content (AvgIpc) is 3.04. The minimum absolute atomic E-state index is 0.155. The Kier molecular flexibility index (Phi) is 5.69. The molecule has 0 aromatic heterocycles. The maximum Gasteiger partial charge on any atom is 0.343 e. The number of hydrogen-bond donors (Lipinski definition) is 0. The van der Waals surface area contributed by atoms with E-state index in [0.29, 0.717) is 43.8 Å². The maximum absolute atomic E-state index is 12.7. The van der Waals surface area contributed by atoms with E-state index in [2.05, 4.69) is 15.9 Å². The lowest BCUT2D eigenvalue weighted by Crippen LogP contribution is -2.09. The number of rotatable bonds is 3. The van der Waals surface area contributed by atoms with Crippen molar-refractivity contribution in [2.45, 2.75) is 6.92 Å². The van der Waals surface area contributed by atoms with Gasteiger partial charge in [-0.1, -0.05) is 45.2 Å². The number of hydrogen-bond acceptors (Lipinski definition) is 4. The summed E-state index contributed by atoms with van der Waals surface area (Å²) in [6.45, 7) is 1.73. The number of Topliss-reactive ketones (excluding diaryl/α,β-unsaturated/α-hetero) is 1. The van der Waals surface area contributed by atoms with Crippen LogP contribution in [0.3, 0.4) is 0 Å². The van der Waals surface area contributed by atoms with Crippen LogP contribution in [0.4, 0.5) is 0 Å². The van der Waals surface area contributed by atoms with Crippen molar-refractivity contribution in [3.05, 3.63) is 97.1 Å². The van der Waals surface area contributed by atoms with Crippen LogP contribution in [0.15, 0.2) is 64.8 Å². The molecule has 0 fully saturated rings. The fraction of sp³-hybridized carbons (Fsp3) is 0.0435. The van der Waals surface area contributed by atoms with Gasteiger partial charge in [0.2, 0.25) is 5.78 Å². The molecular weight excluding hydrogens is 491 g/mol. The van der Waals surface area contributed by atoms with Crippen LogP contribution in [-0.2, 0) is 0 Å². The highest BCUT2D eigenvalue weighted by Gasteiger charge is 2.30. The molecule has 30 heavy (non-hydrogen) atoms. The number of ether oxygens (including phenoxy) is 2. The fourth-order valence-electron chi connectivity index (χ4n) is 2.98. The lowest BCUT2D eigenvalue weighted by molar-refractivity contribution is 0.0733. The number of fused-ring (bicyclic) bond motifs is 1. The molecule has 0 aliphatic carbocycles. The number of benzene rings is 3. The summed E-state index contributed by atoms with van der Waals surface area (Å²) in [5.41, 5.74) is 2.06. The first kappa shape index (κ1) is 20.7. The molecule has 0 saturated carbocycles. The van der Waals surface area contributed by atoms with Gasteiger partial charge in [-0.05, 0) is 67.1 Å². The SMILES string of the molecule is Cc1c(OC(=O)c2ccc(Br)cc2)ccc2c1O/C(=C\c1ccc(Cl)c(Cl)c1)C2=O. The van der Waals surface area contributed by atoms with E-state index >= 15 is 0 Å². The third-order valence-electron chi connectivity index (χ3n) is 4.56. The molecule has 4 nitrogen and oxygen atoms in total. The molecule has 4 rings (SSSR count). The van der Waals surface area contributed by atoms with Crippen molar-refractivity contribution in [2.75, 3.05) is 0 Å². The molecule has 7 heteroatoms. The number of allylic oxidation sites excluding steroid dienone is 1. The van der Waals surface area contributed by atoms with Gasteiger partial charge in [0.25, 0.3) is 0 Å². The molecular formula is C23H13BrCl2O4. The van der Waals surface area contributed by atoms with E-state index in [0.717, 1.165) is 4.47 Å². The van der Waals surface area contributed by atoms with E-state index in [1.807, 2.05) is 0 Å². The Balaban J connectivity index is 1.61. The standard InChI is InChI=1S/C23H13BrCl2O4/c1-12-19(30-23(28)14-3-5-15(24)6-4-14)9-7-16-21(27)20(29-22(12)16)11-13-2-8-17(25)18(26)10-13/h2-11H,1H3/b20-11-. The van der Waals surface area contributed by atoms with Gasteiger partial charge in [-0.2, -0.15) is 0 Å². The van der Waals surface area contributed by atoms with Crippen molar-refractivity contribution >= 4 is 57.0 Å². The normalized spacial score (nSPS) is 13.9. The number of esters is 1. The number of ketones is 1. The van der Waals surface area contributed by atoms with Gasteiger partial charge >= 0.3 is 5.97 Å². The average molecular weight is 504 g/mol. The van der Waals surface area contributed by atoms with E-state index < -0.39 is 5.97 Å². The summed E-state index contributed by atoms with van der Waals surface area (Å²) in [5.74, 6) is 0.0898. The first-order valence-corrected chi connectivity index (χ1v) is 10.4. The van der Waals surface area contributed by atoms with Gasteiger partial charge in [0.15, 0.2) is 5.76 Å². The molecule has 0 saturated heterocycles. The van der Waals surface area contributed by atoms with Crippen LogP contribution in [0.5, 0.6) is 11.5 Å². The molecule has 0 unspecified atom stereocenters. The van der Waals surface area contributed by atoms with Gasteiger partial charge in [-0.25, -0.2) is 4.79 Å². The van der Waals surface area contributed by atoms with Crippen LogP contribution in [0, 0.1) is 6.92 Å². The highest BCUT2D eigenvalue weighted by Crippen LogP contribution is 2.39. The Bertz CT molecular complexity index is 1220. The first-order chi connectivity index (χ1) is 14.3. The van der Waals surface area contributed by atoms with Crippen molar-refractivity contribution in [3.8, 4) is 11.5 Å². The second kappa shape index (κ2) is 8.26. The molecule has 0 bridgehead atoms. The minimum atomic E-state index is -0.499. The second-order valence-corrected chi connectivity index (χ2v) is 8.31. The van der Waals surface area contributed by atoms with Crippen LogP contribution in [0.1, 0.15) is 31.8 Å². The summed E-state index contributed by atoms with van der Waals surface area (Å²) in [6, 6.07) is 15.0. The molecule has 0 N–H and O–H groups in total. The molecule has 1 heterocycles. The molecule has 1 aliphatic heterocycles. The van der Waals surface area contributed by atoms with Gasteiger partial charge < -0.3 is 9.47 Å². The van der Waals surface area contributed by atoms with Crippen molar-refractivity contribution < 1.29 is 19.1 Å². The van der Waals surface area contributed by atoms with E-state index in [-0.39, 0.29) is 11.5 Å².